The second-order valence-electron chi connectivity index (χ2n) is 7.00. The largest absolute Gasteiger partial charge is 0.508 e. The van der Waals surface area contributed by atoms with Gasteiger partial charge in [0.05, 0.1) is 33.3 Å². The van der Waals surface area contributed by atoms with Crippen molar-refractivity contribution < 1.29 is 19.1 Å². The van der Waals surface area contributed by atoms with E-state index >= 15 is 0 Å². The first-order valence-electron chi connectivity index (χ1n) is 7.99. The first-order valence-corrected chi connectivity index (χ1v) is 7.99. The Bertz CT molecular complexity index is 752. The maximum absolute atomic E-state index is 9.57. The van der Waals surface area contributed by atoms with Gasteiger partial charge in [0.1, 0.15) is 5.75 Å². The fourth-order valence-corrected chi connectivity index (χ4v) is 3.97. The molecule has 0 amide bonds. The molecule has 0 radical (unpaired) electrons. The topological polar surface area (TPSA) is 38.7 Å². The molecule has 1 N–H and O–H groups in total. The third-order valence-corrected chi connectivity index (χ3v) is 5.23. The molecule has 2 aliphatic rings. The van der Waals surface area contributed by atoms with Gasteiger partial charge in [0.25, 0.3) is 0 Å². The zero-order chi connectivity index (χ0) is 16.2. The normalized spacial score (nSPS) is 24.0. The van der Waals surface area contributed by atoms with Crippen LogP contribution in [0.4, 0.5) is 0 Å². The molecule has 0 spiro atoms. The average molecular weight is 312 g/mol. The molecule has 0 saturated heterocycles. The van der Waals surface area contributed by atoms with Crippen LogP contribution in [-0.2, 0) is 6.42 Å². The molecule has 120 valence electrons. The number of likely N-dealkylation sites (N-methyl/N-ethyl adjacent to an activating group) is 1. The van der Waals surface area contributed by atoms with Gasteiger partial charge in [-0.15, -0.1) is 0 Å². The van der Waals surface area contributed by atoms with E-state index in [0.29, 0.717) is 0 Å². The lowest BCUT2D eigenvalue weighted by Crippen LogP contribution is -2.48. The van der Waals surface area contributed by atoms with Crippen molar-refractivity contribution >= 4 is 0 Å². The quantitative estimate of drug-likeness (QED) is 0.866. The van der Waals surface area contributed by atoms with E-state index in [4.69, 9.17) is 9.47 Å². The van der Waals surface area contributed by atoms with Crippen molar-refractivity contribution in [3.05, 3.63) is 53.1 Å². The van der Waals surface area contributed by atoms with Crippen LogP contribution in [0.25, 0.3) is 0 Å². The number of rotatable bonds is 2. The van der Waals surface area contributed by atoms with Gasteiger partial charge in [-0.25, -0.2) is 0 Å². The Hall–Kier alpha value is -2.20. The van der Waals surface area contributed by atoms with Crippen LogP contribution < -0.4 is 9.47 Å². The molecule has 2 atom stereocenters. The molecule has 2 aromatic rings. The van der Waals surface area contributed by atoms with E-state index in [1.54, 1.807) is 19.2 Å². The molecule has 4 heteroatoms. The summed E-state index contributed by atoms with van der Waals surface area (Å²) in [6.07, 6.45) is 0.998. The summed E-state index contributed by atoms with van der Waals surface area (Å²) < 4.78 is 12.8. The third-order valence-electron chi connectivity index (χ3n) is 5.23. The van der Waals surface area contributed by atoms with Crippen molar-refractivity contribution in [1.82, 2.24) is 0 Å². The van der Waals surface area contributed by atoms with Crippen LogP contribution in [0.3, 0.4) is 0 Å². The Kier molecular flexibility index (Phi) is 3.07. The second-order valence-corrected chi connectivity index (χ2v) is 7.00. The highest BCUT2D eigenvalue weighted by atomic mass is 16.5. The highest BCUT2D eigenvalue weighted by molar-refractivity contribution is 5.56. The first kappa shape index (κ1) is 14.4. The number of benzene rings is 2. The molecule has 2 aliphatic heterocycles. The number of phenolic OH excluding ortho intramolecular Hbond substituents is 1. The average Bonchev–Trinajstić information content (AvgIpc) is 2.94. The molecule has 0 fully saturated rings. The fraction of sp³-hybridized carbons (Fsp3) is 0.368. The van der Waals surface area contributed by atoms with Crippen LogP contribution in [0.5, 0.6) is 17.2 Å². The van der Waals surface area contributed by atoms with E-state index in [0.717, 1.165) is 34.5 Å². The molecule has 0 saturated carbocycles. The minimum Gasteiger partial charge on any atom is -0.508 e. The summed E-state index contributed by atoms with van der Waals surface area (Å²) in [5, 5.41) is 9.57. The zero-order valence-electron chi connectivity index (χ0n) is 13.7. The summed E-state index contributed by atoms with van der Waals surface area (Å²) >= 11 is 0. The van der Waals surface area contributed by atoms with Gasteiger partial charge in [-0.2, -0.15) is 0 Å². The summed E-state index contributed by atoms with van der Waals surface area (Å²) in [6, 6.07) is 11.8. The molecule has 4 rings (SSSR count). The first-order chi connectivity index (χ1) is 11.0. The van der Waals surface area contributed by atoms with Gasteiger partial charge in [-0.1, -0.05) is 18.2 Å². The third kappa shape index (κ3) is 2.09. The standard InChI is InChI=1S/C19H21NO3/c1-20(2)11-10-12-6-9-15(22-3)19-16(12)17(20)18(23-19)13-4-7-14(21)8-5-13/h4-9,17-18H,10-11H2,1-3H3/p+1/t17-,18+/m0/s1. The lowest BCUT2D eigenvalue weighted by Gasteiger charge is -2.41. The highest BCUT2D eigenvalue weighted by Gasteiger charge is 2.50. The summed E-state index contributed by atoms with van der Waals surface area (Å²) in [4.78, 5) is 0. The Morgan fingerprint density at radius 2 is 1.87 bits per heavy atom. The zero-order valence-corrected chi connectivity index (χ0v) is 13.7. The smallest absolute Gasteiger partial charge is 0.180 e. The van der Waals surface area contributed by atoms with E-state index < -0.39 is 0 Å². The number of hydrogen-bond acceptors (Lipinski definition) is 3. The molecule has 2 aromatic carbocycles. The minimum atomic E-state index is -0.0593. The van der Waals surface area contributed by atoms with Crippen LogP contribution in [0.15, 0.2) is 36.4 Å². The Morgan fingerprint density at radius 3 is 2.57 bits per heavy atom. The predicted octanol–water partition coefficient (Wildman–Crippen LogP) is 3.21. The lowest BCUT2D eigenvalue weighted by molar-refractivity contribution is -0.925. The lowest BCUT2D eigenvalue weighted by atomic mass is 9.87. The van der Waals surface area contributed by atoms with E-state index in [1.165, 1.54) is 11.1 Å². The summed E-state index contributed by atoms with van der Waals surface area (Å²) in [5.41, 5.74) is 3.74. The van der Waals surface area contributed by atoms with Gasteiger partial charge in [-0.3, -0.25) is 0 Å². The molecule has 4 nitrogen and oxygen atoms in total. The van der Waals surface area contributed by atoms with Crippen molar-refractivity contribution in [2.24, 2.45) is 0 Å². The van der Waals surface area contributed by atoms with Crippen molar-refractivity contribution in [1.29, 1.82) is 0 Å². The van der Waals surface area contributed by atoms with Gasteiger partial charge in [-0.05, 0) is 29.3 Å². The summed E-state index contributed by atoms with van der Waals surface area (Å²) in [6.45, 7) is 1.08. The van der Waals surface area contributed by atoms with Crippen LogP contribution in [0.2, 0.25) is 0 Å². The van der Waals surface area contributed by atoms with E-state index in [2.05, 4.69) is 20.2 Å². The maximum atomic E-state index is 9.57. The Morgan fingerprint density at radius 1 is 1.13 bits per heavy atom. The van der Waals surface area contributed by atoms with E-state index in [1.807, 2.05) is 18.2 Å². The summed E-state index contributed by atoms with van der Waals surface area (Å²) in [5.74, 6) is 1.97. The molecule has 2 heterocycles. The van der Waals surface area contributed by atoms with Crippen LogP contribution in [0, 0.1) is 0 Å². The monoisotopic (exact) mass is 312 g/mol. The molecular formula is C19H22NO3+. The van der Waals surface area contributed by atoms with Gasteiger partial charge in [0, 0.05) is 6.42 Å². The number of nitrogens with zero attached hydrogens (tertiary/aromatic N) is 1. The van der Waals surface area contributed by atoms with E-state index in [-0.39, 0.29) is 17.9 Å². The van der Waals surface area contributed by atoms with Gasteiger partial charge in [0.15, 0.2) is 23.6 Å². The summed E-state index contributed by atoms with van der Waals surface area (Å²) in [7, 11) is 6.21. The van der Waals surface area contributed by atoms with Crippen LogP contribution >= 0.6 is 0 Å². The molecule has 0 aliphatic carbocycles. The molecular weight excluding hydrogens is 290 g/mol. The number of ether oxygens (including phenoxy) is 2. The van der Waals surface area contributed by atoms with Gasteiger partial charge >= 0.3 is 0 Å². The van der Waals surface area contributed by atoms with Crippen molar-refractivity contribution in [2.45, 2.75) is 18.6 Å². The second kappa shape index (κ2) is 4.90. The Labute approximate surface area is 136 Å². The minimum absolute atomic E-state index is 0.0593. The number of quaternary nitrogens is 1. The predicted molar refractivity (Wildman–Crippen MR) is 87.9 cm³/mol. The van der Waals surface area contributed by atoms with Crippen molar-refractivity contribution in [3.8, 4) is 17.2 Å². The van der Waals surface area contributed by atoms with Gasteiger partial charge in [0.2, 0.25) is 0 Å². The van der Waals surface area contributed by atoms with Crippen LogP contribution in [0.1, 0.15) is 28.8 Å². The number of aromatic hydroxyl groups is 1. The molecule has 0 unspecified atom stereocenters. The van der Waals surface area contributed by atoms with Gasteiger partial charge < -0.3 is 19.1 Å². The molecule has 0 bridgehead atoms. The van der Waals surface area contributed by atoms with Crippen molar-refractivity contribution in [2.75, 3.05) is 27.7 Å². The molecule has 23 heavy (non-hydrogen) atoms. The highest BCUT2D eigenvalue weighted by Crippen LogP contribution is 2.56. The SMILES string of the molecule is COc1ccc2c3c1O[C@H](c1ccc(O)cc1)[C@H]3[N+](C)(C)CC2. The van der Waals surface area contributed by atoms with Crippen molar-refractivity contribution in [3.63, 3.8) is 0 Å². The Balaban J connectivity index is 1.88. The number of hydrogen-bond donors (Lipinski definition) is 1. The number of phenols is 1. The molecule has 0 aromatic heterocycles. The fourth-order valence-electron chi connectivity index (χ4n) is 3.97. The van der Waals surface area contributed by atoms with E-state index in [9.17, 15) is 5.11 Å². The number of methoxy groups -OCH3 is 1. The maximum Gasteiger partial charge on any atom is 0.180 e. The van der Waals surface area contributed by atoms with Crippen LogP contribution in [-0.4, -0.2) is 37.3 Å².